The van der Waals surface area contributed by atoms with Crippen LogP contribution in [0, 0.1) is 5.41 Å². The molecule has 2 N–H and O–H groups in total. The normalized spacial score (nSPS) is 9.58. The Balaban J connectivity index is 3.21. The topological polar surface area (TPSA) is 35.9 Å². The molecule has 0 spiro atoms. The molecule has 0 amide bonds. The second-order valence-electron chi connectivity index (χ2n) is 2.56. The van der Waals surface area contributed by atoms with Crippen LogP contribution in [0.1, 0.15) is 12.5 Å². The smallest absolute Gasteiger partial charge is 0.0430 e. The van der Waals surface area contributed by atoms with Gasteiger partial charge < -0.3 is 10.7 Å². The van der Waals surface area contributed by atoms with Crippen LogP contribution in [0.15, 0.2) is 22.7 Å². The first-order chi connectivity index (χ1) is 5.65. The zero-order valence-corrected chi connectivity index (χ0v) is 8.70. The molecular formula is C9H11BrN2. The van der Waals surface area contributed by atoms with Crippen LogP contribution in [0.25, 0.3) is 0 Å². The molecule has 0 heterocycles. The lowest BCUT2D eigenvalue weighted by atomic mass is 10.1. The van der Waals surface area contributed by atoms with Gasteiger partial charge in [-0.05, 0) is 25.1 Å². The van der Waals surface area contributed by atoms with E-state index in [1.807, 2.05) is 25.2 Å². The molecule has 1 rings (SSSR count). The molecule has 64 valence electrons. The van der Waals surface area contributed by atoms with Gasteiger partial charge in [0.15, 0.2) is 0 Å². The van der Waals surface area contributed by atoms with E-state index in [4.69, 9.17) is 5.41 Å². The van der Waals surface area contributed by atoms with Crippen molar-refractivity contribution in [3.05, 3.63) is 28.2 Å². The lowest BCUT2D eigenvalue weighted by Gasteiger charge is -2.07. The molecule has 0 radical (unpaired) electrons. The van der Waals surface area contributed by atoms with Crippen molar-refractivity contribution >= 4 is 27.3 Å². The van der Waals surface area contributed by atoms with E-state index in [-0.39, 0.29) is 0 Å². The molecule has 0 saturated heterocycles. The van der Waals surface area contributed by atoms with Gasteiger partial charge in [0, 0.05) is 28.5 Å². The zero-order chi connectivity index (χ0) is 9.14. The number of halogens is 1. The molecular weight excluding hydrogens is 216 g/mol. The second kappa shape index (κ2) is 3.72. The summed E-state index contributed by atoms with van der Waals surface area (Å²) in [6.45, 7) is 1.78. The Morgan fingerprint density at radius 1 is 1.50 bits per heavy atom. The minimum Gasteiger partial charge on any atom is -0.388 e. The van der Waals surface area contributed by atoms with E-state index < -0.39 is 0 Å². The number of rotatable bonds is 2. The third-order valence-electron chi connectivity index (χ3n) is 1.65. The monoisotopic (exact) mass is 226 g/mol. The van der Waals surface area contributed by atoms with E-state index in [2.05, 4.69) is 21.2 Å². The summed E-state index contributed by atoms with van der Waals surface area (Å²) in [5, 5.41) is 10.6. The Morgan fingerprint density at radius 3 is 2.67 bits per heavy atom. The third-order valence-corrected chi connectivity index (χ3v) is 2.15. The van der Waals surface area contributed by atoms with Crippen LogP contribution >= 0.6 is 15.9 Å². The molecule has 0 atom stereocenters. The number of nitrogens with one attached hydrogen (secondary N) is 2. The maximum Gasteiger partial charge on any atom is 0.0430 e. The van der Waals surface area contributed by atoms with E-state index >= 15 is 0 Å². The van der Waals surface area contributed by atoms with Gasteiger partial charge in [-0.2, -0.15) is 0 Å². The van der Waals surface area contributed by atoms with Crippen LogP contribution in [-0.2, 0) is 0 Å². The molecule has 0 saturated carbocycles. The maximum atomic E-state index is 7.52. The first-order valence-electron chi connectivity index (χ1n) is 3.68. The van der Waals surface area contributed by atoms with Crippen molar-refractivity contribution < 1.29 is 0 Å². The molecule has 0 aliphatic carbocycles. The van der Waals surface area contributed by atoms with E-state index in [1.165, 1.54) is 0 Å². The summed E-state index contributed by atoms with van der Waals surface area (Å²) in [5.74, 6) is 0. The molecule has 2 nitrogen and oxygen atoms in total. The van der Waals surface area contributed by atoms with E-state index in [0.29, 0.717) is 5.71 Å². The van der Waals surface area contributed by atoms with Gasteiger partial charge in [0.2, 0.25) is 0 Å². The van der Waals surface area contributed by atoms with Crippen LogP contribution < -0.4 is 5.32 Å². The Kier molecular flexibility index (Phi) is 2.87. The zero-order valence-electron chi connectivity index (χ0n) is 7.11. The summed E-state index contributed by atoms with van der Waals surface area (Å²) in [4.78, 5) is 0. The van der Waals surface area contributed by atoms with Crippen molar-refractivity contribution in [3.63, 3.8) is 0 Å². The molecule has 0 aliphatic heterocycles. The molecule has 12 heavy (non-hydrogen) atoms. The molecule has 0 bridgehead atoms. The fourth-order valence-corrected chi connectivity index (χ4v) is 1.41. The molecule has 0 unspecified atom stereocenters. The van der Waals surface area contributed by atoms with Crippen molar-refractivity contribution in [3.8, 4) is 0 Å². The van der Waals surface area contributed by atoms with Gasteiger partial charge in [-0.25, -0.2) is 0 Å². The van der Waals surface area contributed by atoms with Crippen molar-refractivity contribution in [1.29, 1.82) is 5.41 Å². The highest BCUT2D eigenvalue weighted by Gasteiger charge is 2.02. The largest absolute Gasteiger partial charge is 0.388 e. The maximum absolute atomic E-state index is 7.52. The van der Waals surface area contributed by atoms with Gasteiger partial charge in [-0.1, -0.05) is 15.9 Å². The summed E-state index contributed by atoms with van der Waals surface area (Å²) in [6, 6.07) is 5.85. The standard InChI is InChI=1S/C9H11BrN2/c1-6(11)8-5-7(10)3-4-9(8)12-2/h3-5,11-12H,1-2H3. The number of hydrogen-bond donors (Lipinski definition) is 2. The molecule has 0 aliphatic rings. The number of benzene rings is 1. The quantitative estimate of drug-likeness (QED) is 0.748. The van der Waals surface area contributed by atoms with Crippen LogP contribution in [0.2, 0.25) is 0 Å². The first-order valence-corrected chi connectivity index (χ1v) is 4.47. The van der Waals surface area contributed by atoms with E-state index in [1.54, 1.807) is 6.92 Å². The fraction of sp³-hybridized carbons (Fsp3) is 0.222. The third kappa shape index (κ3) is 1.85. The van der Waals surface area contributed by atoms with Gasteiger partial charge in [0.1, 0.15) is 0 Å². The Labute approximate surface area is 80.6 Å². The lowest BCUT2D eigenvalue weighted by molar-refractivity contribution is 1.42. The van der Waals surface area contributed by atoms with Crippen molar-refractivity contribution in [2.24, 2.45) is 0 Å². The molecule has 1 aromatic rings. The van der Waals surface area contributed by atoms with Gasteiger partial charge in [0.05, 0.1) is 0 Å². The highest BCUT2D eigenvalue weighted by atomic mass is 79.9. The Hall–Kier alpha value is -0.830. The summed E-state index contributed by atoms with van der Waals surface area (Å²) >= 11 is 3.37. The fourth-order valence-electron chi connectivity index (χ4n) is 1.04. The van der Waals surface area contributed by atoms with Crippen LogP contribution in [0.4, 0.5) is 5.69 Å². The molecule has 3 heteroatoms. The summed E-state index contributed by atoms with van der Waals surface area (Å²) in [6.07, 6.45) is 0. The summed E-state index contributed by atoms with van der Waals surface area (Å²) in [5.41, 5.74) is 2.50. The van der Waals surface area contributed by atoms with Crippen molar-refractivity contribution in [2.45, 2.75) is 6.92 Å². The second-order valence-corrected chi connectivity index (χ2v) is 3.48. The lowest BCUT2D eigenvalue weighted by Crippen LogP contribution is -1.99. The summed E-state index contributed by atoms with van der Waals surface area (Å²) in [7, 11) is 1.86. The summed E-state index contributed by atoms with van der Waals surface area (Å²) < 4.78 is 1.00. The van der Waals surface area contributed by atoms with Crippen LogP contribution in [-0.4, -0.2) is 12.8 Å². The van der Waals surface area contributed by atoms with E-state index in [9.17, 15) is 0 Å². The van der Waals surface area contributed by atoms with Gasteiger partial charge >= 0.3 is 0 Å². The average molecular weight is 227 g/mol. The Bertz CT molecular complexity index is 307. The van der Waals surface area contributed by atoms with Gasteiger partial charge in [-0.3, -0.25) is 0 Å². The van der Waals surface area contributed by atoms with Gasteiger partial charge in [0.25, 0.3) is 0 Å². The molecule has 0 aromatic heterocycles. The van der Waals surface area contributed by atoms with Crippen LogP contribution in [0.3, 0.4) is 0 Å². The minimum atomic E-state index is 0.570. The van der Waals surface area contributed by atoms with Crippen molar-refractivity contribution in [2.75, 3.05) is 12.4 Å². The molecule has 1 aromatic carbocycles. The average Bonchev–Trinajstić information content (AvgIpc) is 2.04. The molecule has 0 fully saturated rings. The first kappa shape index (κ1) is 9.26. The minimum absolute atomic E-state index is 0.570. The predicted octanol–water partition coefficient (Wildman–Crippen LogP) is 2.88. The number of hydrogen-bond acceptors (Lipinski definition) is 2. The van der Waals surface area contributed by atoms with Crippen molar-refractivity contribution in [1.82, 2.24) is 0 Å². The highest BCUT2D eigenvalue weighted by Crippen LogP contribution is 2.20. The highest BCUT2D eigenvalue weighted by molar-refractivity contribution is 9.10. The SMILES string of the molecule is CNc1ccc(Br)cc1C(C)=N. The van der Waals surface area contributed by atoms with Crippen LogP contribution in [0.5, 0.6) is 0 Å². The van der Waals surface area contributed by atoms with E-state index in [0.717, 1.165) is 15.7 Å². The van der Waals surface area contributed by atoms with Gasteiger partial charge in [-0.15, -0.1) is 0 Å². The Morgan fingerprint density at radius 2 is 2.17 bits per heavy atom. The predicted molar refractivity (Wildman–Crippen MR) is 56.2 cm³/mol. The number of anilines is 1.